The molecule has 2 heteroatoms. The first-order chi connectivity index (χ1) is 5.85. The second kappa shape index (κ2) is 8.57. The Morgan fingerprint density at radius 2 is 2.00 bits per heavy atom. The van der Waals surface area contributed by atoms with Crippen molar-refractivity contribution >= 4 is 6.47 Å². The fraction of sp³-hybridized carbons (Fsp3) is 0.900. The fourth-order valence-corrected chi connectivity index (χ4v) is 1.25. The zero-order valence-electron chi connectivity index (χ0n) is 8.21. The lowest BCUT2D eigenvalue weighted by atomic mass is 10.1. The molecule has 1 atom stereocenters. The molecule has 0 N–H and O–H groups in total. The molecule has 0 aliphatic heterocycles. The highest BCUT2D eigenvalue weighted by molar-refractivity contribution is 5.37. The van der Waals surface area contributed by atoms with Gasteiger partial charge in [0, 0.05) is 0 Å². The van der Waals surface area contributed by atoms with E-state index in [0.717, 1.165) is 12.8 Å². The van der Waals surface area contributed by atoms with Crippen LogP contribution in [0.4, 0.5) is 0 Å². The van der Waals surface area contributed by atoms with Gasteiger partial charge in [-0.15, -0.1) is 0 Å². The maximum atomic E-state index is 10.0. The van der Waals surface area contributed by atoms with Gasteiger partial charge < -0.3 is 4.74 Å². The summed E-state index contributed by atoms with van der Waals surface area (Å²) in [4.78, 5) is 10.0. The lowest BCUT2D eigenvalue weighted by Gasteiger charge is -2.11. The van der Waals surface area contributed by atoms with Crippen molar-refractivity contribution in [1.29, 1.82) is 0 Å². The van der Waals surface area contributed by atoms with Crippen molar-refractivity contribution in [2.45, 2.75) is 58.5 Å². The Hall–Kier alpha value is -0.530. The quantitative estimate of drug-likeness (QED) is 0.415. The van der Waals surface area contributed by atoms with Gasteiger partial charge in [-0.2, -0.15) is 0 Å². The summed E-state index contributed by atoms with van der Waals surface area (Å²) < 4.78 is 4.89. The second-order valence-corrected chi connectivity index (χ2v) is 3.11. The van der Waals surface area contributed by atoms with Crippen molar-refractivity contribution in [1.82, 2.24) is 0 Å². The first-order valence-corrected chi connectivity index (χ1v) is 4.94. The summed E-state index contributed by atoms with van der Waals surface area (Å²) in [5, 5.41) is 0. The van der Waals surface area contributed by atoms with Crippen LogP contribution in [0.2, 0.25) is 0 Å². The molecule has 0 rings (SSSR count). The number of ether oxygens (including phenoxy) is 1. The predicted octanol–water partition coefficient (Wildman–Crippen LogP) is 2.91. The molecule has 0 saturated carbocycles. The van der Waals surface area contributed by atoms with Crippen LogP contribution in [0.3, 0.4) is 0 Å². The highest BCUT2D eigenvalue weighted by Gasteiger charge is 2.04. The van der Waals surface area contributed by atoms with E-state index in [1.165, 1.54) is 25.7 Å². The second-order valence-electron chi connectivity index (χ2n) is 3.11. The molecule has 0 aromatic carbocycles. The lowest BCUT2D eigenvalue weighted by molar-refractivity contribution is -0.134. The highest BCUT2D eigenvalue weighted by atomic mass is 16.5. The molecule has 0 saturated heterocycles. The molecule has 0 aliphatic rings. The Bertz CT molecular complexity index is 102. The van der Waals surface area contributed by atoms with Crippen LogP contribution in [-0.4, -0.2) is 12.6 Å². The number of hydrogen-bond acceptors (Lipinski definition) is 2. The lowest BCUT2D eigenvalue weighted by Crippen LogP contribution is -2.10. The Kier molecular flexibility index (Phi) is 8.19. The third kappa shape index (κ3) is 6.20. The van der Waals surface area contributed by atoms with E-state index in [1.807, 2.05) is 6.92 Å². The van der Waals surface area contributed by atoms with Crippen molar-refractivity contribution < 1.29 is 9.53 Å². The molecule has 2 nitrogen and oxygen atoms in total. The van der Waals surface area contributed by atoms with Crippen LogP contribution in [0.5, 0.6) is 0 Å². The van der Waals surface area contributed by atoms with E-state index in [1.54, 1.807) is 0 Å². The number of hydrogen-bond donors (Lipinski definition) is 0. The predicted molar refractivity (Wildman–Crippen MR) is 50.0 cm³/mol. The Morgan fingerprint density at radius 1 is 1.25 bits per heavy atom. The summed E-state index contributed by atoms with van der Waals surface area (Å²) in [6.07, 6.45) is 7.10. The zero-order chi connectivity index (χ0) is 9.23. The van der Waals surface area contributed by atoms with Crippen molar-refractivity contribution in [2.75, 3.05) is 0 Å². The number of unbranched alkanes of at least 4 members (excludes halogenated alkanes) is 3. The number of carbonyl (C=O) groups excluding carboxylic acids is 1. The molecule has 0 aliphatic carbocycles. The SMILES string of the molecule is CCCCCC[C@@H](CC)OC=O. The summed E-state index contributed by atoms with van der Waals surface area (Å²) in [6.45, 7) is 4.81. The molecule has 0 fully saturated rings. The van der Waals surface area contributed by atoms with Crippen LogP contribution in [0.15, 0.2) is 0 Å². The first-order valence-electron chi connectivity index (χ1n) is 4.94. The molecule has 0 aromatic heterocycles. The van der Waals surface area contributed by atoms with Gasteiger partial charge in [0.05, 0.1) is 0 Å². The molecule has 0 spiro atoms. The Balaban J connectivity index is 3.25. The topological polar surface area (TPSA) is 26.3 Å². The molecule has 12 heavy (non-hydrogen) atoms. The molecule has 0 amide bonds. The number of carbonyl (C=O) groups is 1. The van der Waals surface area contributed by atoms with Crippen LogP contribution in [0, 0.1) is 0 Å². The molecular formula is C10H20O2. The summed E-state index contributed by atoms with van der Waals surface area (Å²) in [5.74, 6) is 0. The van der Waals surface area contributed by atoms with Gasteiger partial charge >= 0.3 is 0 Å². The van der Waals surface area contributed by atoms with Crippen molar-refractivity contribution in [2.24, 2.45) is 0 Å². The average molecular weight is 172 g/mol. The first kappa shape index (κ1) is 11.5. The molecule has 0 bridgehead atoms. The summed E-state index contributed by atoms with van der Waals surface area (Å²) in [5.41, 5.74) is 0. The van der Waals surface area contributed by atoms with E-state index in [-0.39, 0.29) is 6.10 Å². The van der Waals surface area contributed by atoms with Crippen LogP contribution < -0.4 is 0 Å². The van der Waals surface area contributed by atoms with Gasteiger partial charge in [0.1, 0.15) is 6.10 Å². The summed E-state index contributed by atoms with van der Waals surface area (Å²) in [7, 11) is 0. The van der Waals surface area contributed by atoms with Crippen molar-refractivity contribution in [3.8, 4) is 0 Å². The van der Waals surface area contributed by atoms with Gasteiger partial charge in [-0.1, -0.05) is 33.1 Å². The van der Waals surface area contributed by atoms with Gasteiger partial charge in [-0.25, -0.2) is 0 Å². The van der Waals surface area contributed by atoms with Gasteiger partial charge in [0.15, 0.2) is 0 Å². The van der Waals surface area contributed by atoms with Gasteiger partial charge in [-0.05, 0) is 19.3 Å². The Morgan fingerprint density at radius 3 is 2.50 bits per heavy atom. The standard InChI is InChI=1S/C10H20O2/c1-3-5-6-7-8-10(4-2)12-9-11/h9-10H,3-8H2,1-2H3/t10-/m1/s1. The van der Waals surface area contributed by atoms with E-state index < -0.39 is 0 Å². The highest BCUT2D eigenvalue weighted by Crippen LogP contribution is 2.09. The molecule has 0 radical (unpaired) electrons. The van der Waals surface area contributed by atoms with Crippen LogP contribution in [0.1, 0.15) is 52.4 Å². The van der Waals surface area contributed by atoms with Gasteiger partial charge in [-0.3, -0.25) is 4.79 Å². The monoisotopic (exact) mass is 172 g/mol. The fourth-order valence-electron chi connectivity index (χ4n) is 1.25. The minimum Gasteiger partial charge on any atom is -0.465 e. The van der Waals surface area contributed by atoms with Crippen molar-refractivity contribution in [3.05, 3.63) is 0 Å². The van der Waals surface area contributed by atoms with Gasteiger partial charge in [0.2, 0.25) is 0 Å². The minimum absolute atomic E-state index is 0.152. The van der Waals surface area contributed by atoms with E-state index in [4.69, 9.17) is 4.74 Å². The van der Waals surface area contributed by atoms with Crippen LogP contribution in [-0.2, 0) is 9.53 Å². The smallest absolute Gasteiger partial charge is 0.293 e. The zero-order valence-corrected chi connectivity index (χ0v) is 8.21. The molecule has 72 valence electrons. The minimum atomic E-state index is 0.152. The maximum Gasteiger partial charge on any atom is 0.293 e. The van der Waals surface area contributed by atoms with E-state index >= 15 is 0 Å². The summed E-state index contributed by atoms with van der Waals surface area (Å²) in [6, 6.07) is 0. The van der Waals surface area contributed by atoms with Crippen molar-refractivity contribution in [3.63, 3.8) is 0 Å². The third-order valence-corrected chi connectivity index (χ3v) is 2.08. The molecule has 0 aromatic rings. The normalized spacial score (nSPS) is 12.5. The Labute approximate surface area is 75.3 Å². The average Bonchev–Trinajstić information content (AvgIpc) is 2.10. The largest absolute Gasteiger partial charge is 0.465 e. The van der Waals surface area contributed by atoms with E-state index in [9.17, 15) is 4.79 Å². The molecule has 0 unspecified atom stereocenters. The summed E-state index contributed by atoms with van der Waals surface area (Å²) >= 11 is 0. The van der Waals surface area contributed by atoms with Crippen LogP contribution in [0.25, 0.3) is 0 Å². The number of rotatable bonds is 8. The molecular weight excluding hydrogens is 152 g/mol. The van der Waals surface area contributed by atoms with Gasteiger partial charge in [0.25, 0.3) is 6.47 Å². The van der Waals surface area contributed by atoms with Crippen LogP contribution >= 0.6 is 0 Å². The van der Waals surface area contributed by atoms with E-state index in [0.29, 0.717) is 6.47 Å². The maximum absolute atomic E-state index is 10.0. The molecule has 0 heterocycles. The third-order valence-electron chi connectivity index (χ3n) is 2.08. The van der Waals surface area contributed by atoms with E-state index in [2.05, 4.69) is 6.92 Å².